The number of rotatable bonds is 3. The molecule has 0 spiro atoms. The van der Waals surface area contributed by atoms with Crippen LogP contribution >= 0.6 is 0 Å². The van der Waals surface area contributed by atoms with Crippen molar-refractivity contribution in [2.75, 3.05) is 0 Å². The van der Waals surface area contributed by atoms with Crippen LogP contribution in [0.4, 0.5) is 23.2 Å². The zero-order valence-electron chi connectivity index (χ0n) is 11.1. The molecule has 0 radical (unpaired) electrons. The number of alkyl halides is 3. The lowest BCUT2D eigenvalue weighted by Gasteiger charge is -2.12. The van der Waals surface area contributed by atoms with E-state index < -0.39 is 50.8 Å². The Balaban J connectivity index is 2.78. The summed E-state index contributed by atoms with van der Waals surface area (Å²) in [4.78, 5) is 21.1. The standard InChI is InChI=1S/C14H7F4NO4/c15-12-8(2-1-3-11(12)14(16,17)18)10-6-7(19(22)23)4-5-9(10)13(20)21/h1-6H,(H,20,21). The lowest BCUT2D eigenvalue weighted by molar-refractivity contribution is -0.384. The first-order valence-electron chi connectivity index (χ1n) is 6.00. The fraction of sp³-hybridized carbons (Fsp3) is 0.0714. The van der Waals surface area contributed by atoms with E-state index in [1.54, 1.807) is 0 Å². The van der Waals surface area contributed by atoms with E-state index >= 15 is 0 Å². The normalized spacial score (nSPS) is 11.3. The van der Waals surface area contributed by atoms with Crippen molar-refractivity contribution in [3.8, 4) is 11.1 Å². The first-order valence-corrected chi connectivity index (χ1v) is 6.00. The molecule has 2 aromatic carbocycles. The summed E-state index contributed by atoms with van der Waals surface area (Å²) in [6.07, 6.45) is -4.98. The molecule has 0 bridgehead atoms. The van der Waals surface area contributed by atoms with Crippen LogP contribution < -0.4 is 0 Å². The molecule has 0 saturated carbocycles. The van der Waals surface area contributed by atoms with Crippen LogP contribution in [0, 0.1) is 15.9 Å². The smallest absolute Gasteiger partial charge is 0.419 e. The highest BCUT2D eigenvalue weighted by atomic mass is 19.4. The van der Waals surface area contributed by atoms with Crippen LogP contribution in [0.15, 0.2) is 36.4 Å². The van der Waals surface area contributed by atoms with E-state index in [4.69, 9.17) is 5.11 Å². The van der Waals surface area contributed by atoms with Crippen LogP contribution in [0.25, 0.3) is 11.1 Å². The molecule has 120 valence electrons. The summed E-state index contributed by atoms with van der Waals surface area (Å²) in [5.41, 5.74) is -3.88. The summed E-state index contributed by atoms with van der Waals surface area (Å²) < 4.78 is 52.4. The van der Waals surface area contributed by atoms with Gasteiger partial charge in [0.1, 0.15) is 5.82 Å². The lowest BCUT2D eigenvalue weighted by atomic mass is 9.96. The molecule has 0 aliphatic heterocycles. The number of nitro benzene ring substituents is 1. The molecule has 2 aromatic rings. The average Bonchev–Trinajstić information content (AvgIpc) is 2.45. The molecule has 0 fully saturated rings. The Hall–Kier alpha value is -2.97. The second-order valence-corrected chi connectivity index (χ2v) is 4.46. The molecule has 0 aliphatic rings. The van der Waals surface area contributed by atoms with Crippen molar-refractivity contribution in [3.05, 3.63) is 63.5 Å². The van der Waals surface area contributed by atoms with Crippen LogP contribution in [0.5, 0.6) is 0 Å². The number of benzene rings is 2. The molecule has 5 nitrogen and oxygen atoms in total. The van der Waals surface area contributed by atoms with Gasteiger partial charge in [0.05, 0.1) is 16.1 Å². The summed E-state index contributed by atoms with van der Waals surface area (Å²) in [7, 11) is 0. The van der Waals surface area contributed by atoms with Gasteiger partial charge in [-0.1, -0.05) is 12.1 Å². The minimum absolute atomic E-state index is 0.497. The van der Waals surface area contributed by atoms with E-state index in [9.17, 15) is 32.5 Å². The van der Waals surface area contributed by atoms with Crippen molar-refractivity contribution in [2.45, 2.75) is 6.18 Å². The minimum Gasteiger partial charge on any atom is -0.478 e. The Morgan fingerprint density at radius 1 is 1.13 bits per heavy atom. The van der Waals surface area contributed by atoms with Gasteiger partial charge in [0, 0.05) is 23.3 Å². The Bertz CT molecular complexity index is 802. The second-order valence-electron chi connectivity index (χ2n) is 4.46. The number of non-ortho nitro benzene ring substituents is 1. The fourth-order valence-corrected chi connectivity index (χ4v) is 2.01. The van der Waals surface area contributed by atoms with E-state index in [2.05, 4.69) is 0 Å². The largest absolute Gasteiger partial charge is 0.478 e. The summed E-state index contributed by atoms with van der Waals surface area (Å²) in [5.74, 6) is -3.24. The first-order chi connectivity index (χ1) is 10.6. The Morgan fingerprint density at radius 2 is 1.78 bits per heavy atom. The number of halogens is 4. The number of carbonyl (C=O) groups is 1. The van der Waals surface area contributed by atoms with Crippen LogP contribution in [0.1, 0.15) is 15.9 Å². The fourth-order valence-electron chi connectivity index (χ4n) is 2.01. The number of nitrogens with zero attached hydrogens (tertiary/aromatic N) is 1. The van der Waals surface area contributed by atoms with Crippen molar-refractivity contribution < 1.29 is 32.4 Å². The van der Waals surface area contributed by atoms with Gasteiger partial charge in [0.15, 0.2) is 0 Å². The molecule has 0 aromatic heterocycles. The highest BCUT2D eigenvalue weighted by Crippen LogP contribution is 2.37. The van der Waals surface area contributed by atoms with E-state index in [0.717, 1.165) is 30.3 Å². The predicted molar refractivity (Wildman–Crippen MR) is 70.5 cm³/mol. The third kappa shape index (κ3) is 3.12. The van der Waals surface area contributed by atoms with Gasteiger partial charge in [-0.05, 0) is 12.1 Å². The van der Waals surface area contributed by atoms with Gasteiger partial charge in [0.25, 0.3) is 5.69 Å². The van der Waals surface area contributed by atoms with E-state index in [-0.39, 0.29) is 0 Å². The maximum Gasteiger partial charge on any atom is 0.419 e. The van der Waals surface area contributed by atoms with Crippen LogP contribution in [0.3, 0.4) is 0 Å². The molecule has 2 rings (SSSR count). The monoisotopic (exact) mass is 329 g/mol. The highest BCUT2D eigenvalue weighted by molar-refractivity contribution is 5.96. The molecule has 23 heavy (non-hydrogen) atoms. The molecule has 0 atom stereocenters. The number of nitro groups is 1. The van der Waals surface area contributed by atoms with Gasteiger partial charge in [0.2, 0.25) is 0 Å². The maximum atomic E-state index is 14.1. The molecule has 0 amide bonds. The van der Waals surface area contributed by atoms with Gasteiger partial charge in [-0.15, -0.1) is 0 Å². The Morgan fingerprint density at radius 3 is 2.30 bits per heavy atom. The molecular weight excluding hydrogens is 322 g/mol. The summed E-state index contributed by atoms with van der Waals surface area (Å²) >= 11 is 0. The quantitative estimate of drug-likeness (QED) is 0.522. The molecule has 0 heterocycles. The zero-order chi connectivity index (χ0) is 17.4. The topological polar surface area (TPSA) is 80.4 Å². The summed E-state index contributed by atoms with van der Waals surface area (Å²) in [6.45, 7) is 0. The Labute approximate surface area is 125 Å². The summed E-state index contributed by atoms with van der Waals surface area (Å²) in [5, 5.41) is 19.8. The van der Waals surface area contributed by atoms with E-state index in [1.807, 2.05) is 0 Å². The van der Waals surface area contributed by atoms with Crippen molar-refractivity contribution in [2.24, 2.45) is 0 Å². The van der Waals surface area contributed by atoms with Gasteiger partial charge in [-0.3, -0.25) is 10.1 Å². The number of carboxylic acid groups (broad SMARTS) is 1. The third-order valence-electron chi connectivity index (χ3n) is 3.04. The maximum absolute atomic E-state index is 14.1. The molecular formula is C14H7F4NO4. The van der Waals surface area contributed by atoms with Crippen molar-refractivity contribution in [1.82, 2.24) is 0 Å². The van der Waals surface area contributed by atoms with Gasteiger partial charge < -0.3 is 5.11 Å². The van der Waals surface area contributed by atoms with Crippen molar-refractivity contribution in [1.29, 1.82) is 0 Å². The number of hydrogen-bond donors (Lipinski definition) is 1. The van der Waals surface area contributed by atoms with Crippen molar-refractivity contribution in [3.63, 3.8) is 0 Å². The molecule has 1 N–H and O–H groups in total. The van der Waals surface area contributed by atoms with Gasteiger partial charge in [-0.25, -0.2) is 9.18 Å². The molecule has 0 aliphatic carbocycles. The van der Waals surface area contributed by atoms with Crippen LogP contribution in [0.2, 0.25) is 0 Å². The average molecular weight is 329 g/mol. The van der Waals surface area contributed by atoms with Gasteiger partial charge >= 0.3 is 12.1 Å². The molecule has 0 saturated heterocycles. The van der Waals surface area contributed by atoms with E-state index in [1.165, 1.54) is 0 Å². The zero-order valence-corrected chi connectivity index (χ0v) is 11.1. The third-order valence-corrected chi connectivity index (χ3v) is 3.04. The number of hydrogen-bond acceptors (Lipinski definition) is 3. The lowest BCUT2D eigenvalue weighted by Crippen LogP contribution is -2.09. The predicted octanol–water partition coefficient (Wildman–Crippen LogP) is 4.12. The van der Waals surface area contributed by atoms with Crippen molar-refractivity contribution >= 4 is 11.7 Å². The number of aromatic carboxylic acids is 1. The SMILES string of the molecule is O=C(O)c1ccc([N+](=O)[O-])cc1-c1cccc(C(F)(F)F)c1F. The Kier molecular flexibility index (Phi) is 4.04. The second kappa shape index (κ2) is 5.67. The van der Waals surface area contributed by atoms with Crippen LogP contribution in [-0.2, 0) is 6.18 Å². The highest BCUT2D eigenvalue weighted by Gasteiger charge is 2.35. The molecule has 9 heteroatoms. The minimum atomic E-state index is -4.98. The van der Waals surface area contributed by atoms with Crippen LogP contribution in [-0.4, -0.2) is 16.0 Å². The van der Waals surface area contributed by atoms with E-state index in [0.29, 0.717) is 6.07 Å². The first kappa shape index (κ1) is 16.4. The molecule has 0 unspecified atom stereocenters. The number of carboxylic acids is 1. The summed E-state index contributed by atoms with van der Waals surface area (Å²) in [6, 6.07) is 4.76. The van der Waals surface area contributed by atoms with Gasteiger partial charge in [-0.2, -0.15) is 13.2 Å².